The summed E-state index contributed by atoms with van der Waals surface area (Å²) in [5.74, 6) is 0.698. The third kappa shape index (κ3) is 3.25. The number of hydrogen-bond acceptors (Lipinski definition) is 3. The smallest absolute Gasteiger partial charge is 0.274 e. The van der Waals surface area contributed by atoms with Crippen molar-refractivity contribution in [2.75, 3.05) is 13.1 Å². The first-order chi connectivity index (χ1) is 12.7. The van der Waals surface area contributed by atoms with E-state index in [1.54, 1.807) is 12.4 Å². The summed E-state index contributed by atoms with van der Waals surface area (Å²) in [5, 5.41) is 4.65. The van der Waals surface area contributed by atoms with E-state index in [0.717, 1.165) is 42.9 Å². The van der Waals surface area contributed by atoms with Crippen LogP contribution in [0.2, 0.25) is 0 Å². The number of likely N-dealkylation sites (tertiary alicyclic amines) is 1. The zero-order valence-electron chi connectivity index (χ0n) is 14.9. The molecule has 3 heterocycles. The molecule has 26 heavy (non-hydrogen) atoms. The van der Waals surface area contributed by atoms with Gasteiger partial charge in [0.05, 0.1) is 11.4 Å². The number of carbonyl (C=O) groups excluding carboxylic acids is 1. The van der Waals surface area contributed by atoms with Crippen LogP contribution in [0.4, 0.5) is 0 Å². The van der Waals surface area contributed by atoms with E-state index in [4.69, 9.17) is 0 Å². The number of para-hydroxylation sites is 1. The summed E-state index contributed by atoms with van der Waals surface area (Å²) < 4.78 is 1.83. The van der Waals surface area contributed by atoms with E-state index in [9.17, 15) is 4.79 Å². The molecule has 0 unspecified atom stereocenters. The minimum atomic E-state index is 0.0109. The molecule has 1 saturated heterocycles. The predicted octanol–water partition coefficient (Wildman–Crippen LogP) is 3.81. The summed E-state index contributed by atoms with van der Waals surface area (Å²) >= 11 is 0. The van der Waals surface area contributed by atoms with E-state index < -0.39 is 0 Å². The number of pyridine rings is 1. The SMILES string of the molecule is CC1CCN(C(=O)c2cc(-c3cccnc3)n(-c3ccccc3)n2)CC1. The largest absolute Gasteiger partial charge is 0.337 e. The van der Waals surface area contributed by atoms with Gasteiger partial charge in [-0.2, -0.15) is 5.10 Å². The molecule has 0 spiro atoms. The number of amides is 1. The van der Waals surface area contributed by atoms with Crippen LogP contribution in [-0.2, 0) is 0 Å². The van der Waals surface area contributed by atoms with Crippen LogP contribution in [-0.4, -0.2) is 38.7 Å². The molecule has 0 aliphatic carbocycles. The molecule has 1 amide bonds. The van der Waals surface area contributed by atoms with E-state index in [-0.39, 0.29) is 5.91 Å². The number of hydrogen-bond donors (Lipinski definition) is 0. The van der Waals surface area contributed by atoms with Crippen LogP contribution in [0, 0.1) is 5.92 Å². The van der Waals surface area contributed by atoms with Crippen molar-refractivity contribution in [2.45, 2.75) is 19.8 Å². The Morgan fingerprint density at radius 1 is 1.08 bits per heavy atom. The van der Waals surface area contributed by atoms with Gasteiger partial charge in [0.2, 0.25) is 0 Å². The van der Waals surface area contributed by atoms with E-state index >= 15 is 0 Å². The fraction of sp³-hybridized carbons (Fsp3) is 0.286. The molecular formula is C21H22N4O. The Balaban J connectivity index is 1.73. The zero-order chi connectivity index (χ0) is 17.9. The monoisotopic (exact) mass is 346 g/mol. The third-order valence-corrected chi connectivity index (χ3v) is 4.96. The molecule has 2 aromatic heterocycles. The van der Waals surface area contributed by atoms with Gasteiger partial charge in [0, 0.05) is 31.0 Å². The molecule has 0 bridgehead atoms. The van der Waals surface area contributed by atoms with Gasteiger partial charge in [0.1, 0.15) is 0 Å². The quantitative estimate of drug-likeness (QED) is 0.725. The van der Waals surface area contributed by atoms with Gasteiger partial charge >= 0.3 is 0 Å². The first-order valence-corrected chi connectivity index (χ1v) is 9.07. The second kappa shape index (κ2) is 7.12. The standard InChI is InChI=1S/C21H22N4O/c1-16-9-12-24(13-10-16)21(26)19-14-20(17-6-5-11-22-15-17)25(23-19)18-7-3-2-4-8-18/h2-8,11,14-16H,9-10,12-13H2,1H3. The molecule has 0 N–H and O–H groups in total. The molecule has 4 rings (SSSR count). The average Bonchev–Trinajstić information content (AvgIpc) is 3.15. The Morgan fingerprint density at radius 2 is 1.85 bits per heavy atom. The number of nitrogens with zero attached hydrogens (tertiary/aromatic N) is 4. The summed E-state index contributed by atoms with van der Waals surface area (Å²) in [6.45, 7) is 3.85. The number of piperidine rings is 1. The van der Waals surface area contributed by atoms with Gasteiger partial charge in [0.25, 0.3) is 5.91 Å². The van der Waals surface area contributed by atoms with E-state index in [1.165, 1.54) is 0 Å². The van der Waals surface area contributed by atoms with Crippen molar-refractivity contribution in [2.24, 2.45) is 5.92 Å². The van der Waals surface area contributed by atoms with Crippen molar-refractivity contribution in [3.63, 3.8) is 0 Å². The lowest BCUT2D eigenvalue weighted by Gasteiger charge is -2.29. The van der Waals surface area contributed by atoms with Crippen molar-refractivity contribution < 1.29 is 4.79 Å². The second-order valence-corrected chi connectivity index (χ2v) is 6.88. The maximum atomic E-state index is 13.0. The number of benzene rings is 1. The fourth-order valence-corrected chi connectivity index (χ4v) is 3.35. The van der Waals surface area contributed by atoms with Crippen LogP contribution in [0.5, 0.6) is 0 Å². The Hall–Kier alpha value is -2.95. The summed E-state index contributed by atoms with van der Waals surface area (Å²) in [6, 6.07) is 15.6. The van der Waals surface area contributed by atoms with E-state index in [0.29, 0.717) is 11.6 Å². The fourth-order valence-electron chi connectivity index (χ4n) is 3.35. The van der Waals surface area contributed by atoms with Crippen LogP contribution in [0.25, 0.3) is 16.9 Å². The van der Waals surface area contributed by atoms with Gasteiger partial charge in [-0.05, 0) is 49.1 Å². The highest BCUT2D eigenvalue weighted by Crippen LogP contribution is 2.25. The molecule has 0 saturated carbocycles. The predicted molar refractivity (Wildman–Crippen MR) is 101 cm³/mol. The molecule has 1 aromatic carbocycles. The Kier molecular flexibility index (Phi) is 4.52. The van der Waals surface area contributed by atoms with E-state index in [2.05, 4.69) is 17.0 Å². The first-order valence-electron chi connectivity index (χ1n) is 9.07. The molecular weight excluding hydrogens is 324 g/mol. The van der Waals surface area contributed by atoms with Crippen molar-refractivity contribution in [3.05, 3.63) is 66.6 Å². The summed E-state index contributed by atoms with van der Waals surface area (Å²) in [6.07, 6.45) is 5.65. The molecule has 1 aliphatic heterocycles. The van der Waals surface area contributed by atoms with Gasteiger partial charge in [-0.25, -0.2) is 4.68 Å². The third-order valence-electron chi connectivity index (χ3n) is 4.96. The minimum Gasteiger partial charge on any atom is -0.337 e. The summed E-state index contributed by atoms with van der Waals surface area (Å²) in [5.41, 5.74) is 3.23. The lowest BCUT2D eigenvalue weighted by Crippen LogP contribution is -2.38. The van der Waals surface area contributed by atoms with Crippen molar-refractivity contribution >= 4 is 5.91 Å². The molecule has 132 valence electrons. The topological polar surface area (TPSA) is 51.0 Å². The number of aromatic nitrogens is 3. The number of carbonyl (C=O) groups is 1. The van der Waals surface area contributed by atoms with Gasteiger partial charge in [-0.1, -0.05) is 25.1 Å². The van der Waals surface area contributed by atoms with Gasteiger partial charge < -0.3 is 4.90 Å². The van der Waals surface area contributed by atoms with Gasteiger partial charge in [0.15, 0.2) is 5.69 Å². The Bertz CT molecular complexity index is 824. The second-order valence-electron chi connectivity index (χ2n) is 6.88. The van der Waals surface area contributed by atoms with Gasteiger partial charge in [-0.3, -0.25) is 9.78 Å². The average molecular weight is 346 g/mol. The number of rotatable bonds is 3. The first kappa shape index (κ1) is 16.5. The molecule has 5 nitrogen and oxygen atoms in total. The molecule has 1 aliphatic rings. The van der Waals surface area contributed by atoms with Crippen LogP contribution >= 0.6 is 0 Å². The molecule has 0 radical (unpaired) electrons. The van der Waals surface area contributed by atoms with Gasteiger partial charge in [-0.15, -0.1) is 0 Å². The normalized spacial score (nSPS) is 15.2. The van der Waals surface area contributed by atoms with Crippen molar-refractivity contribution in [1.82, 2.24) is 19.7 Å². The summed E-state index contributed by atoms with van der Waals surface area (Å²) in [4.78, 5) is 19.1. The maximum Gasteiger partial charge on any atom is 0.274 e. The lowest BCUT2D eigenvalue weighted by atomic mass is 9.99. The van der Waals surface area contributed by atoms with Crippen LogP contribution < -0.4 is 0 Å². The highest BCUT2D eigenvalue weighted by Gasteiger charge is 2.25. The Morgan fingerprint density at radius 3 is 2.54 bits per heavy atom. The van der Waals surface area contributed by atoms with Crippen molar-refractivity contribution in [3.8, 4) is 16.9 Å². The maximum absolute atomic E-state index is 13.0. The summed E-state index contributed by atoms with van der Waals surface area (Å²) in [7, 11) is 0. The van der Waals surface area contributed by atoms with Crippen LogP contribution in [0.15, 0.2) is 60.9 Å². The molecule has 1 fully saturated rings. The molecule has 5 heteroatoms. The van der Waals surface area contributed by atoms with Crippen LogP contribution in [0.1, 0.15) is 30.3 Å². The van der Waals surface area contributed by atoms with Crippen LogP contribution in [0.3, 0.4) is 0 Å². The highest BCUT2D eigenvalue weighted by atomic mass is 16.2. The Labute approximate surface area is 153 Å². The zero-order valence-corrected chi connectivity index (χ0v) is 14.9. The molecule has 0 atom stereocenters. The minimum absolute atomic E-state index is 0.0109. The molecule has 3 aromatic rings. The lowest BCUT2D eigenvalue weighted by molar-refractivity contribution is 0.0691. The van der Waals surface area contributed by atoms with E-state index in [1.807, 2.05) is 58.1 Å². The highest BCUT2D eigenvalue weighted by molar-refractivity contribution is 5.93. The van der Waals surface area contributed by atoms with Crippen molar-refractivity contribution in [1.29, 1.82) is 0 Å².